The second kappa shape index (κ2) is 7.20. The summed E-state index contributed by atoms with van der Waals surface area (Å²) in [6.45, 7) is 13.2. The molecule has 0 bridgehead atoms. The van der Waals surface area contributed by atoms with Gasteiger partial charge in [0.1, 0.15) is 0 Å². The van der Waals surface area contributed by atoms with E-state index >= 15 is 0 Å². The van der Waals surface area contributed by atoms with Crippen molar-refractivity contribution in [1.29, 1.82) is 0 Å². The molecule has 0 aromatic heterocycles. The topological polar surface area (TPSA) is 32.3 Å². The number of carbonyl (C=O) groups is 1. The van der Waals surface area contributed by atoms with Gasteiger partial charge in [0, 0.05) is 19.6 Å². The van der Waals surface area contributed by atoms with Crippen molar-refractivity contribution in [3.8, 4) is 0 Å². The van der Waals surface area contributed by atoms with Gasteiger partial charge in [-0.3, -0.25) is 0 Å². The number of rotatable bonds is 4. The number of carbonyl (C=O) groups excluding carboxylic acids is 1. The van der Waals surface area contributed by atoms with Gasteiger partial charge in [-0.1, -0.05) is 63.1 Å². The lowest BCUT2D eigenvalue weighted by Gasteiger charge is -2.19. The van der Waals surface area contributed by atoms with E-state index in [-0.39, 0.29) is 11.4 Å². The Morgan fingerprint density at radius 3 is 2.35 bits per heavy atom. The zero-order valence-corrected chi connectivity index (χ0v) is 15.2. The average Bonchev–Trinajstić information content (AvgIpc) is 2.88. The zero-order chi connectivity index (χ0) is 17.0. The van der Waals surface area contributed by atoms with Gasteiger partial charge in [0.05, 0.1) is 0 Å². The Hall–Kier alpha value is -1.77. The molecular weight excluding hydrogens is 284 g/mol. The van der Waals surface area contributed by atoms with Gasteiger partial charge < -0.3 is 10.2 Å². The summed E-state index contributed by atoms with van der Waals surface area (Å²) in [6, 6.07) is 8.78. The van der Waals surface area contributed by atoms with Crippen molar-refractivity contribution in [3.05, 3.63) is 46.5 Å². The standard InChI is InChI=1S/C20H30N2O/c1-6-17-14-22(13-15(17)2)19(23)21-12-11-16-7-9-18(10-8-16)20(3,4)5/h7-10H,6,11-14H2,1-5H3,(H,21,23). The number of urea groups is 1. The third kappa shape index (κ3) is 4.60. The molecule has 126 valence electrons. The molecule has 1 aliphatic heterocycles. The molecule has 1 N–H and O–H groups in total. The second-order valence-electron chi connectivity index (χ2n) is 7.52. The molecule has 0 atom stereocenters. The van der Waals surface area contributed by atoms with E-state index in [0.717, 1.165) is 25.9 Å². The lowest BCUT2D eigenvalue weighted by Crippen LogP contribution is -2.39. The Bertz CT molecular complexity index is 579. The summed E-state index contributed by atoms with van der Waals surface area (Å²) in [5.41, 5.74) is 5.54. The lowest BCUT2D eigenvalue weighted by molar-refractivity contribution is 0.209. The van der Waals surface area contributed by atoms with E-state index in [0.29, 0.717) is 6.54 Å². The number of nitrogens with zero attached hydrogens (tertiary/aromatic N) is 1. The smallest absolute Gasteiger partial charge is 0.317 e. The summed E-state index contributed by atoms with van der Waals surface area (Å²) in [6.07, 6.45) is 1.91. The highest BCUT2D eigenvalue weighted by Crippen LogP contribution is 2.22. The predicted octanol–water partition coefficient (Wildman–Crippen LogP) is 4.28. The third-order valence-electron chi connectivity index (χ3n) is 4.64. The number of benzene rings is 1. The lowest BCUT2D eigenvalue weighted by atomic mass is 9.86. The average molecular weight is 314 g/mol. The largest absolute Gasteiger partial charge is 0.338 e. The molecule has 2 rings (SSSR count). The molecule has 0 unspecified atom stereocenters. The van der Waals surface area contributed by atoms with Crippen LogP contribution in [0.1, 0.15) is 52.2 Å². The minimum Gasteiger partial charge on any atom is -0.338 e. The van der Waals surface area contributed by atoms with Gasteiger partial charge in [-0.2, -0.15) is 0 Å². The van der Waals surface area contributed by atoms with Crippen LogP contribution in [0.15, 0.2) is 35.4 Å². The Morgan fingerprint density at radius 1 is 1.17 bits per heavy atom. The van der Waals surface area contributed by atoms with Crippen LogP contribution in [-0.4, -0.2) is 30.6 Å². The normalized spacial score (nSPS) is 15.3. The van der Waals surface area contributed by atoms with Crippen LogP contribution in [0, 0.1) is 0 Å². The number of amides is 2. The van der Waals surface area contributed by atoms with Crippen LogP contribution in [0.2, 0.25) is 0 Å². The molecule has 1 aromatic carbocycles. The number of hydrogen-bond acceptors (Lipinski definition) is 1. The molecule has 0 radical (unpaired) electrons. The molecule has 0 aliphatic carbocycles. The van der Waals surface area contributed by atoms with E-state index in [9.17, 15) is 4.79 Å². The molecule has 0 fully saturated rings. The minimum atomic E-state index is 0.0547. The first-order valence-corrected chi connectivity index (χ1v) is 8.61. The van der Waals surface area contributed by atoms with E-state index in [1.165, 1.54) is 22.3 Å². The highest BCUT2D eigenvalue weighted by molar-refractivity contribution is 5.75. The van der Waals surface area contributed by atoms with Crippen LogP contribution < -0.4 is 5.32 Å². The molecule has 0 saturated carbocycles. The van der Waals surface area contributed by atoms with Crippen molar-refractivity contribution < 1.29 is 4.79 Å². The van der Waals surface area contributed by atoms with Crippen LogP contribution in [-0.2, 0) is 11.8 Å². The summed E-state index contributed by atoms with van der Waals surface area (Å²) in [5, 5.41) is 3.04. The summed E-state index contributed by atoms with van der Waals surface area (Å²) < 4.78 is 0. The Balaban J connectivity index is 1.78. The van der Waals surface area contributed by atoms with Gasteiger partial charge >= 0.3 is 6.03 Å². The third-order valence-corrected chi connectivity index (χ3v) is 4.64. The van der Waals surface area contributed by atoms with Crippen LogP contribution in [0.5, 0.6) is 0 Å². The van der Waals surface area contributed by atoms with Crippen molar-refractivity contribution in [2.24, 2.45) is 0 Å². The van der Waals surface area contributed by atoms with E-state index < -0.39 is 0 Å². The first kappa shape index (κ1) is 17.6. The maximum atomic E-state index is 12.2. The Labute approximate surface area is 140 Å². The molecule has 3 heteroatoms. The second-order valence-corrected chi connectivity index (χ2v) is 7.52. The van der Waals surface area contributed by atoms with Crippen LogP contribution in [0.25, 0.3) is 0 Å². The Kier molecular flexibility index (Phi) is 5.51. The van der Waals surface area contributed by atoms with Gasteiger partial charge in [-0.05, 0) is 36.3 Å². The molecule has 1 aromatic rings. The van der Waals surface area contributed by atoms with E-state index in [1.807, 2.05) is 4.90 Å². The first-order chi connectivity index (χ1) is 10.8. The van der Waals surface area contributed by atoms with Gasteiger partial charge in [0.15, 0.2) is 0 Å². The van der Waals surface area contributed by atoms with Gasteiger partial charge in [0.25, 0.3) is 0 Å². The molecule has 0 saturated heterocycles. The highest BCUT2D eigenvalue weighted by Gasteiger charge is 2.22. The molecule has 1 aliphatic rings. The van der Waals surface area contributed by atoms with E-state index in [4.69, 9.17) is 0 Å². The van der Waals surface area contributed by atoms with Crippen molar-refractivity contribution in [2.75, 3.05) is 19.6 Å². The molecule has 2 amide bonds. The van der Waals surface area contributed by atoms with Crippen molar-refractivity contribution >= 4 is 6.03 Å². The monoisotopic (exact) mass is 314 g/mol. The Morgan fingerprint density at radius 2 is 1.83 bits per heavy atom. The molecular formula is C20H30N2O. The maximum Gasteiger partial charge on any atom is 0.317 e. The van der Waals surface area contributed by atoms with Crippen LogP contribution in [0.4, 0.5) is 4.79 Å². The first-order valence-electron chi connectivity index (χ1n) is 8.61. The van der Waals surface area contributed by atoms with Crippen LogP contribution in [0.3, 0.4) is 0 Å². The van der Waals surface area contributed by atoms with E-state index in [1.54, 1.807) is 0 Å². The van der Waals surface area contributed by atoms with Crippen LogP contribution >= 0.6 is 0 Å². The van der Waals surface area contributed by atoms with Crippen molar-refractivity contribution in [3.63, 3.8) is 0 Å². The molecule has 3 nitrogen and oxygen atoms in total. The fraction of sp³-hybridized carbons (Fsp3) is 0.550. The molecule has 0 spiro atoms. The number of hydrogen-bond donors (Lipinski definition) is 1. The summed E-state index contributed by atoms with van der Waals surface area (Å²) in [5.74, 6) is 0. The number of nitrogens with one attached hydrogen (secondary N) is 1. The van der Waals surface area contributed by atoms with Gasteiger partial charge in [-0.15, -0.1) is 0 Å². The highest BCUT2D eigenvalue weighted by atomic mass is 16.2. The predicted molar refractivity (Wildman–Crippen MR) is 96.8 cm³/mol. The molecule has 1 heterocycles. The van der Waals surface area contributed by atoms with Gasteiger partial charge in [-0.25, -0.2) is 4.79 Å². The quantitative estimate of drug-likeness (QED) is 0.827. The van der Waals surface area contributed by atoms with Crippen molar-refractivity contribution in [1.82, 2.24) is 10.2 Å². The minimum absolute atomic E-state index is 0.0547. The molecule has 23 heavy (non-hydrogen) atoms. The summed E-state index contributed by atoms with van der Waals surface area (Å²) in [4.78, 5) is 14.1. The van der Waals surface area contributed by atoms with Gasteiger partial charge in [0.2, 0.25) is 0 Å². The maximum absolute atomic E-state index is 12.2. The summed E-state index contributed by atoms with van der Waals surface area (Å²) in [7, 11) is 0. The van der Waals surface area contributed by atoms with E-state index in [2.05, 4.69) is 64.2 Å². The fourth-order valence-electron chi connectivity index (χ4n) is 2.97. The zero-order valence-electron chi connectivity index (χ0n) is 15.2. The SMILES string of the molecule is CCC1=C(C)CN(C(=O)NCCc2ccc(C(C)(C)C)cc2)C1. The fourth-order valence-corrected chi connectivity index (χ4v) is 2.97. The van der Waals surface area contributed by atoms with Crippen molar-refractivity contribution in [2.45, 2.75) is 52.9 Å². The summed E-state index contributed by atoms with van der Waals surface area (Å²) >= 11 is 0.